The maximum Gasteiger partial charge on any atom is 0.255 e. The SMILES string of the molecule is CCN(Cc1ccccc1)C(=O)c1ccc(Nc2cccc(C(C)=O)c2)nc1. The zero-order valence-electron chi connectivity index (χ0n) is 16.1. The molecule has 5 heteroatoms. The Kier molecular flexibility index (Phi) is 6.17. The molecule has 1 heterocycles. The van der Waals surface area contributed by atoms with Crippen molar-refractivity contribution in [1.29, 1.82) is 0 Å². The Balaban J connectivity index is 1.70. The number of nitrogens with zero attached hydrogens (tertiary/aromatic N) is 2. The summed E-state index contributed by atoms with van der Waals surface area (Å²) in [6, 6.07) is 20.7. The van der Waals surface area contributed by atoms with Crippen LogP contribution in [0.1, 0.15) is 40.1 Å². The van der Waals surface area contributed by atoms with E-state index < -0.39 is 0 Å². The van der Waals surface area contributed by atoms with Gasteiger partial charge in [-0.2, -0.15) is 0 Å². The molecular weight excluding hydrogens is 350 g/mol. The Morgan fingerprint density at radius 3 is 2.39 bits per heavy atom. The van der Waals surface area contributed by atoms with Gasteiger partial charge in [-0.15, -0.1) is 0 Å². The molecule has 1 amide bonds. The van der Waals surface area contributed by atoms with Crippen LogP contribution in [0.5, 0.6) is 0 Å². The summed E-state index contributed by atoms with van der Waals surface area (Å²) >= 11 is 0. The lowest BCUT2D eigenvalue weighted by Crippen LogP contribution is -2.30. The van der Waals surface area contributed by atoms with E-state index in [9.17, 15) is 9.59 Å². The Morgan fingerprint density at radius 1 is 0.964 bits per heavy atom. The van der Waals surface area contributed by atoms with Crippen molar-refractivity contribution in [3.63, 3.8) is 0 Å². The quantitative estimate of drug-likeness (QED) is 0.610. The molecule has 0 aliphatic rings. The van der Waals surface area contributed by atoms with Crippen LogP contribution in [-0.2, 0) is 6.54 Å². The number of anilines is 2. The van der Waals surface area contributed by atoms with Crippen LogP contribution in [-0.4, -0.2) is 28.1 Å². The molecule has 142 valence electrons. The number of carbonyl (C=O) groups excluding carboxylic acids is 2. The predicted molar refractivity (Wildman–Crippen MR) is 111 cm³/mol. The molecule has 1 aromatic heterocycles. The third-order valence-corrected chi connectivity index (χ3v) is 4.44. The second kappa shape index (κ2) is 8.95. The van der Waals surface area contributed by atoms with Gasteiger partial charge < -0.3 is 10.2 Å². The van der Waals surface area contributed by atoms with Gasteiger partial charge in [0, 0.05) is 30.5 Å². The summed E-state index contributed by atoms with van der Waals surface area (Å²) in [5, 5.41) is 3.16. The first-order valence-corrected chi connectivity index (χ1v) is 9.24. The second-order valence-electron chi connectivity index (χ2n) is 6.50. The number of hydrogen-bond acceptors (Lipinski definition) is 4. The lowest BCUT2D eigenvalue weighted by atomic mass is 10.1. The number of nitrogens with one attached hydrogen (secondary N) is 1. The fourth-order valence-electron chi connectivity index (χ4n) is 2.87. The van der Waals surface area contributed by atoms with E-state index in [2.05, 4.69) is 10.3 Å². The number of pyridine rings is 1. The van der Waals surface area contributed by atoms with Gasteiger partial charge in [0.15, 0.2) is 5.78 Å². The van der Waals surface area contributed by atoms with Crippen molar-refractivity contribution in [1.82, 2.24) is 9.88 Å². The van der Waals surface area contributed by atoms with Gasteiger partial charge in [-0.3, -0.25) is 9.59 Å². The maximum absolute atomic E-state index is 12.8. The summed E-state index contributed by atoms with van der Waals surface area (Å²) in [7, 11) is 0. The van der Waals surface area contributed by atoms with E-state index in [-0.39, 0.29) is 11.7 Å². The van der Waals surface area contributed by atoms with Crippen LogP contribution in [0, 0.1) is 0 Å². The summed E-state index contributed by atoms with van der Waals surface area (Å²) in [6.45, 7) is 4.68. The van der Waals surface area contributed by atoms with Crippen molar-refractivity contribution in [3.8, 4) is 0 Å². The van der Waals surface area contributed by atoms with Crippen molar-refractivity contribution < 1.29 is 9.59 Å². The molecule has 0 bridgehead atoms. The summed E-state index contributed by atoms with van der Waals surface area (Å²) in [5.41, 5.74) is 3.05. The van der Waals surface area contributed by atoms with Crippen LogP contribution in [0.15, 0.2) is 72.9 Å². The minimum atomic E-state index is -0.0519. The van der Waals surface area contributed by atoms with Gasteiger partial charge in [0.05, 0.1) is 5.56 Å². The minimum Gasteiger partial charge on any atom is -0.340 e. The number of rotatable bonds is 7. The highest BCUT2D eigenvalue weighted by Crippen LogP contribution is 2.17. The maximum atomic E-state index is 12.8. The van der Waals surface area contributed by atoms with Crippen LogP contribution in [0.25, 0.3) is 0 Å². The Bertz CT molecular complexity index is 953. The van der Waals surface area contributed by atoms with E-state index in [4.69, 9.17) is 0 Å². The third-order valence-electron chi connectivity index (χ3n) is 4.44. The average Bonchev–Trinajstić information content (AvgIpc) is 2.73. The predicted octanol–water partition coefficient (Wildman–Crippen LogP) is 4.69. The molecule has 0 aliphatic heterocycles. The highest BCUT2D eigenvalue weighted by atomic mass is 16.2. The zero-order valence-corrected chi connectivity index (χ0v) is 16.1. The Morgan fingerprint density at radius 2 is 1.75 bits per heavy atom. The molecular formula is C23H23N3O2. The van der Waals surface area contributed by atoms with Crippen LogP contribution in [0.4, 0.5) is 11.5 Å². The van der Waals surface area contributed by atoms with Gasteiger partial charge in [0.25, 0.3) is 5.91 Å². The van der Waals surface area contributed by atoms with Gasteiger partial charge in [0.1, 0.15) is 5.82 Å². The molecule has 5 nitrogen and oxygen atoms in total. The number of aromatic nitrogens is 1. The second-order valence-corrected chi connectivity index (χ2v) is 6.50. The van der Waals surface area contributed by atoms with E-state index in [1.807, 2.05) is 49.4 Å². The van der Waals surface area contributed by atoms with Crippen LogP contribution < -0.4 is 5.32 Å². The zero-order chi connectivity index (χ0) is 19.9. The van der Waals surface area contributed by atoms with E-state index >= 15 is 0 Å². The first kappa shape index (κ1) is 19.3. The number of carbonyl (C=O) groups is 2. The molecule has 0 radical (unpaired) electrons. The molecule has 0 aliphatic carbocycles. The van der Waals surface area contributed by atoms with Crippen molar-refractivity contribution in [3.05, 3.63) is 89.6 Å². The number of benzene rings is 2. The number of ketones is 1. The first-order chi connectivity index (χ1) is 13.6. The van der Waals surface area contributed by atoms with E-state index in [0.717, 1.165) is 11.3 Å². The van der Waals surface area contributed by atoms with Crippen molar-refractivity contribution in [2.75, 3.05) is 11.9 Å². The van der Waals surface area contributed by atoms with Crippen LogP contribution in [0.2, 0.25) is 0 Å². The first-order valence-electron chi connectivity index (χ1n) is 9.24. The van der Waals surface area contributed by atoms with Gasteiger partial charge in [-0.1, -0.05) is 42.5 Å². The third kappa shape index (κ3) is 4.82. The average molecular weight is 373 g/mol. The van der Waals surface area contributed by atoms with Crippen molar-refractivity contribution in [2.45, 2.75) is 20.4 Å². The van der Waals surface area contributed by atoms with Crippen molar-refractivity contribution in [2.24, 2.45) is 0 Å². The summed E-state index contributed by atoms with van der Waals surface area (Å²) in [4.78, 5) is 30.4. The molecule has 0 saturated heterocycles. The minimum absolute atomic E-state index is 0.00984. The van der Waals surface area contributed by atoms with Crippen LogP contribution >= 0.6 is 0 Å². The summed E-state index contributed by atoms with van der Waals surface area (Å²) in [5.74, 6) is 0.572. The van der Waals surface area contributed by atoms with Crippen molar-refractivity contribution >= 4 is 23.2 Å². The van der Waals surface area contributed by atoms with Gasteiger partial charge >= 0.3 is 0 Å². The smallest absolute Gasteiger partial charge is 0.255 e. The topological polar surface area (TPSA) is 62.3 Å². The number of hydrogen-bond donors (Lipinski definition) is 1. The monoisotopic (exact) mass is 373 g/mol. The molecule has 3 rings (SSSR count). The van der Waals surface area contributed by atoms with E-state index in [1.165, 1.54) is 6.92 Å². The van der Waals surface area contributed by atoms with Gasteiger partial charge in [-0.25, -0.2) is 4.98 Å². The fraction of sp³-hybridized carbons (Fsp3) is 0.174. The standard InChI is InChI=1S/C23H23N3O2/c1-3-26(16-18-8-5-4-6-9-18)23(28)20-12-13-22(24-15-20)25-21-11-7-10-19(14-21)17(2)27/h4-15H,3,16H2,1-2H3,(H,24,25). The Hall–Kier alpha value is -3.47. The molecule has 3 aromatic rings. The summed E-state index contributed by atoms with van der Waals surface area (Å²) in [6.07, 6.45) is 1.58. The molecule has 1 N–H and O–H groups in total. The molecule has 2 aromatic carbocycles. The largest absolute Gasteiger partial charge is 0.340 e. The van der Waals surface area contributed by atoms with Crippen LogP contribution in [0.3, 0.4) is 0 Å². The molecule has 0 spiro atoms. The molecule has 0 saturated carbocycles. The van der Waals surface area contributed by atoms with Gasteiger partial charge in [0.2, 0.25) is 0 Å². The normalized spacial score (nSPS) is 10.4. The molecule has 0 atom stereocenters. The lowest BCUT2D eigenvalue weighted by Gasteiger charge is -2.21. The number of amides is 1. The fourth-order valence-corrected chi connectivity index (χ4v) is 2.87. The molecule has 0 fully saturated rings. The molecule has 0 unspecified atom stereocenters. The Labute approximate surface area is 165 Å². The van der Waals surface area contributed by atoms with E-state index in [1.54, 1.807) is 35.4 Å². The van der Waals surface area contributed by atoms with Gasteiger partial charge in [-0.05, 0) is 43.7 Å². The highest BCUT2D eigenvalue weighted by molar-refractivity contribution is 5.95. The van der Waals surface area contributed by atoms with E-state index in [0.29, 0.717) is 30.0 Å². The highest BCUT2D eigenvalue weighted by Gasteiger charge is 2.15. The lowest BCUT2D eigenvalue weighted by molar-refractivity contribution is 0.0752. The summed E-state index contributed by atoms with van der Waals surface area (Å²) < 4.78 is 0. The number of Topliss-reactive ketones (excluding diaryl/α,β-unsaturated/α-hetero) is 1. The molecule has 28 heavy (non-hydrogen) atoms.